The molecule has 1 aliphatic heterocycles. The molecule has 0 spiro atoms. The Hall–Kier alpha value is -2.98. The van der Waals surface area contributed by atoms with Crippen LogP contribution in [0.3, 0.4) is 0 Å². The van der Waals surface area contributed by atoms with Gasteiger partial charge in [-0.2, -0.15) is 5.10 Å². The number of carboxylic acids is 1. The SMILES string of the molecule is Cn1nc(C2(C(=O)O)C=Nc3c(ccn3COCC[Si](C)(C)C)N2)c2ccc(F)cc21. The zero-order valence-corrected chi connectivity index (χ0v) is 19.0. The number of halogens is 1. The van der Waals surface area contributed by atoms with Crippen LogP contribution in [-0.2, 0) is 28.8 Å². The Morgan fingerprint density at radius 2 is 2.10 bits per heavy atom. The lowest BCUT2D eigenvalue weighted by atomic mass is 9.92. The first kappa shape index (κ1) is 21.3. The number of nitrogens with zero attached hydrogens (tertiary/aromatic N) is 4. The number of carboxylic acid groups (broad SMARTS) is 1. The van der Waals surface area contributed by atoms with Gasteiger partial charge in [0, 0.05) is 39.5 Å². The topological polar surface area (TPSA) is 93.7 Å². The van der Waals surface area contributed by atoms with Gasteiger partial charge < -0.3 is 19.7 Å². The van der Waals surface area contributed by atoms with E-state index in [4.69, 9.17) is 4.74 Å². The molecule has 1 atom stereocenters. The molecular formula is C21H26FN5O3Si. The first-order chi connectivity index (χ1) is 14.6. The van der Waals surface area contributed by atoms with E-state index in [2.05, 4.69) is 35.0 Å². The first-order valence-corrected chi connectivity index (χ1v) is 13.8. The van der Waals surface area contributed by atoms with Gasteiger partial charge in [0.1, 0.15) is 18.2 Å². The average Bonchev–Trinajstić information content (AvgIpc) is 3.25. The molecule has 3 aromatic rings. The highest BCUT2D eigenvalue weighted by Crippen LogP contribution is 2.39. The number of nitrogens with one attached hydrogen (secondary N) is 1. The molecule has 0 fully saturated rings. The number of benzene rings is 1. The molecular weight excluding hydrogens is 417 g/mol. The number of anilines is 1. The number of hydrogen-bond donors (Lipinski definition) is 2. The summed E-state index contributed by atoms with van der Waals surface area (Å²) in [7, 11) is 0.478. The highest BCUT2D eigenvalue weighted by Gasteiger charge is 2.45. The minimum absolute atomic E-state index is 0.256. The normalized spacial score (nSPS) is 18.2. The largest absolute Gasteiger partial charge is 0.479 e. The molecule has 0 radical (unpaired) electrons. The van der Waals surface area contributed by atoms with Crippen molar-refractivity contribution in [2.75, 3.05) is 11.9 Å². The summed E-state index contributed by atoms with van der Waals surface area (Å²) in [6, 6.07) is 7.01. The van der Waals surface area contributed by atoms with E-state index in [-0.39, 0.29) is 5.69 Å². The van der Waals surface area contributed by atoms with E-state index in [1.807, 2.05) is 10.8 Å². The van der Waals surface area contributed by atoms with Crippen molar-refractivity contribution < 1.29 is 19.0 Å². The number of aliphatic imine (C=N–C) groups is 1. The van der Waals surface area contributed by atoms with Crippen LogP contribution in [0.5, 0.6) is 0 Å². The molecule has 0 amide bonds. The summed E-state index contributed by atoms with van der Waals surface area (Å²) < 4.78 is 22.8. The standard InChI is InChI=1S/C21H26FN5O3Si/c1-26-17-11-14(22)5-6-15(17)18(25-26)21(20(28)29)12-23-19-16(24-21)7-8-27(19)13-30-9-10-31(2,3)4/h5-8,11-12,24H,9-10,13H2,1-4H3,(H,28,29). The minimum atomic E-state index is -1.67. The van der Waals surface area contributed by atoms with Gasteiger partial charge in [-0.15, -0.1) is 0 Å². The van der Waals surface area contributed by atoms with Crippen LogP contribution in [-0.4, -0.2) is 46.3 Å². The number of aliphatic carboxylic acids is 1. The molecule has 31 heavy (non-hydrogen) atoms. The van der Waals surface area contributed by atoms with Crippen LogP contribution in [0.4, 0.5) is 15.9 Å². The van der Waals surface area contributed by atoms with E-state index in [0.717, 1.165) is 6.04 Å². The third kappa shape index (κ3) is 3.88. The Labute approximate surface area is 180 Å². The summed E-state index contributed by atoms with van der Waals surface area (Å²) in [6.45, 7) is 7.90. The van der Waals surface area contributed by atoms with Gasteiger partial charge in [-0.05, 0) is 30.3 Å². The second-order valence-corrected chi connectivity index (χ2v) is 14.6. The molecule has 164 valence electrons. The maximum absolute atomic E-state index is 13.7. The molecule has 3 heterocycles. The van der Waals surface area contributed by atoms with Crippen LogP contribution in [0.25, 0.3) is 10.9 Å². The van der Waals surface area contributed by atoms with E-state index in [9.17, 15) is 14.3 Å². The maximum Gasteiger partial charge on any atom is 0.341 e. The van der Waals surface area contributed by atoms with Crippen LogP contribution < -0.4 is 5.32 Å². The number of hydrogen-bond acceptors (Lipinski definition) is 5. The second-order valence-electron chi connectivity index (χ2n) is 9.00. The van der Waals surface area contributed by atoms with E-state index >= 15 is 0 Å². The first-order valence-electron chi connectivity index (χ1n) is 10.1. The average molecular weight is 444 g/mol. The fourth-order valence-electron chi connectivity index (χ4n) is 3.61. The summed E-state index contributed by atoms with van der Waals surface area (Å²) in [6.07, 6.45) is 3.16. The number of aromatic nitrogens is 3. The predicted molar refractivity (Wildman–Crippen MR) is 120 cm³/mol. The third-order valence-corrected chi connectivity index (χ3v) is 7.10. The van der Waals surface area contributed by atoms with E-state index in [1.54, 1.807) is 19.2 Å². The Morgan fingerprint density at radius 3 is 2.81 bits per heavy atom. The molecule has 0 saturated carbocycles. The zero-order valence-electron chi connectivity index (χ0n) is 18.0. The van der Waals surface area contributed by atoms with Crippen molar-refractivity contribution in [2.45, 2.75) is 38.0 Å². The molecule has 0 bridgehead atoms. The summed E-state index contributed by atoms with van der Waals surface area (Å²) in [5.74, 6) is -0.966. The van der Waals surface area contributed by atoms with Crippen LogP contribution in [0, 0.1) is 5.82 Å². The van der Waals surface area contributed by atoms with E-state index in [0.29, 0.717) is 35.7 Å². The fourth-order valence-corrected chi connectivity index (χ4v) is 4.36. The molecule has 1 aliphatic rings. The summed E-state index contributed by atoms with van der Waals surface area (Å²) >= 11 is 0. The fraction of sp³-hybridized carbons (Fsp3) is 0.381. The lowest BCUT2D eigenvalue weighted by Crippen LogP contribution is -2.47. The van der Waals surface area contributed by atoms with Crippen molar-refractivity contribution in [3.05, 3.63) is 42.0 Å². The zero-order chi connectivity index (χ0) is 22.4. The predicted octanol–water partition coefficient (Wildman–Crippen LogP) is 3.93. The van der Waals surface area contributed by atoms with Crippen molar-refractivity contribution in [2.24, 2.45) is 12.0 Å². The third-order valence-electron chi connectivity index (χ3n) is 5.40. The van der Waals surface area contributed by atoms with Gasteiger partial charge in [0.2, 0.25) is 5.54 Å². The molecule has 1 unspecified atom stereocenters. The van der Waals surface area contributed by atoms with Gasteiger partial charge in [0.05, 0.1) is 11.2 Å². The van der Waals surface area contributed by atoms with Gasteiger partial charge in [0.25, 0.3) is 0 Å². The number of fused-ring (bicyclic) bond motifs is 2. The molecule has 0 saturated heterocycles. The summed E-state index contributed by atoms with van der Waals surface area (Å²) in [5.41, 5.74) is -0.342. The van der Waals surface area contributed by atoms with Gasteiger partial charge in [-0.3, -0.25) is 4.68 Å². The molecule has 0 aliphatic carbocycles. The van der Waals surface area contributed by atoms with Crippen molar-refractivity contribution >= 4 is 42.7 Å². The lowest BCUT2D eigenvalue weighted by molar-refractivity contribution is -0.140. The molecule has 2 aromatic heterocycles. The maximum atomic E-state index is 13.7. The Bertz CT molecular complexity index is 1180. The van der Waals surface area contributed by atoms with Crippen molar-refractivity contribution in [1.29, 1.82) is 0 Å². The monoisotopic (exact) mass is 443 g/mol. The van der Waals surface area contributed by atoms with Crippen molar-refractivity contribution in [3.8, 4) is 0 Å². The highest BCUT2D eigenvalue weighted by molar-refractivity contribution is 6.76. The number of aryl methyl sites for hydroxylation is 1. The minimum Gasteiger partial charge on any atom is -0.479 e. The molecule has 2 N–H and O–H groups in total. The number of ether oxygens (including phenoxy) is 1. The van der Waals surface area contributed by atoms with Crippen molar-refractivity contribution in [3.63, 3.8) is 0 Å². The molecule has 10 heteroatoms. The molecule has 8 nitrogen and oxygen atoms in total. The van der Waals surface area contributed by atoms with Gasteiger partial charge in [0.15, 0.2) is 5.82 Å². The molecule has 4 rings (SSSR count). The van der Waals surface area contributed by atoms with Crippen LogP contribution in [0.15, 0.2) is 35.5 Å². The summed E-state index contributed by atoms with van der Waals surface area (Å²) in [5, 5.41) is 18.2. The Morgan fingerprint density at radius 1 is 1.32 bits per heavy atom. The Kier molecular flexibility index (Phi) is 5.22. The number of carbonyl (C=O) groups is 1. The smallest absolute Gasteiger partial charge is 0.341 e. The summed E-state index contributed by atoms with van der Waals surface area (Å²) in [4.78, 5) is 16.9. The number of rotatable bonds is 7. The van der Waals surface area contributed by atoms with Gasteiger partial charge in [-0.25, -0.2) is 14.2 Å². The molecule has 1 aromatic carbocycles. The lowest BCUT2D eigenvalue weighted by Gasteiger charge is -2.29. The van der Waals surface area contributed by atoms with E-state index in [1.165, 1.54) is 23.0 Å². The van der Waals surface area contributed by atoms with Gasteiger partial charge in [-0.1, -0.05) is 19.6 Å². The van der Waals surface area contributed by atoms with E-state index < -0.39 is 25.4 Å². The quantitative estimate of drug-likeness (QED) is 0.426. The van der Waals surface area contributed by atoms with Gasteiger partial charge >= 0.3 is 5.97 Å². The van der Waals surface area contributed by atoms with Crippen LogP contribution in [0.1, 0.15) is 5.69 Å². The van der Waals surface area contributed by atoms with Crippen LogP contribution >= 0.6 is 0 Å². The van der Waals surface area contributed by atoms with Crippen LogP contribution in [0.2, 0.25) is 25.7 Å². The Balaban J connectivity index is 1.64. The second kappa shape index (κ2) is 7.61. The van der Waals surface area contributed by atoms with Crippen molar-refractivity contribution in [1.82, 2.24) is 14.3 Å². The highest BCUT2D eigenvalue weighted by atomic mass is 28.3.